The Morgan fingerprint density at radius 3 is 2.60 bits per heavy atom. The first-order chi connectivity index (χ1) is 12.1. The molecule has 1 fully saturated rings. The van der Waals surface area contributed by atoms with Crippen molar-refractivity contribution in [2.75, 3.05) is 25.5 Å². The highest BCUT2D eigenvalue weighted by Crippen LogP contribution is 2.22. The number of methoxy groups -OCH3 is 1. The van der Waals surface area contributed by atoms with Crippen molar-refractivity contribution in [1.82, 2.24) is 4.90 Å². The molecule has 25 heavy (non-hydrogen) atoms. The van der Waals surface area contributed by atoms with E-state index in [2.05, 4.69) is 10.2 Å². The van der Waals surface area contributed by atoms with Gasteiger partial charge in [0.2, 0.25) is 5.91 Å². The number of rotatable bonds is 5. The highest BCUT2D eigenvalue weighted by atomic mass is 19.1. The molecule has 1 amide bonds. The van der Waals surface area contributed by atoms with Crippen LogP contribution >= 0.6 is 0 Å². The number of anilines is 1. The summed E-state index contributed by atoms with van der Waals surface area (Å²) in [6.07, 6.45) is 1.66. The maximum absolute atomic E-state index is 13.0. The first kappa shape index (κ1) is 17.4. The van der Waals surface area contributed by atoms with Gasteiger partial charge in [0.05, 0.1) is 7.11 Å². The van der Waals surface area contributed by atoms with Crippen LogP contribution in [0.3, 0.4) is 0 Å². The van der Waals surface area contributed by atoms with Crippen molar-refractivity contribution >= 4 is 11.6 Å². The van der Waals surface area contributed by atoms with Crippen LogP contribution in [0.4, 0.5) is 10.1 Å². The van der Waals surface area contributed by atoms with Crippen LogP contribution in [0.25, 0.3) is 0 Å². The molecule has 0 spiro atoms. The molecule has 2 aromatic rings. The number of nitrogens with one attached hydrogen (secondary N) is 1. The molecule has 132 valence electrons. The monoisotopic (exact) mass is 342 g/mol. The lowest BCUT2D eigenvalue weighted by molar-refractivity contribution is -0.121. The molecule has 1 N–H and O–H groups in total. The highest BCUT2D eigenvalue weighted by Gasteiger charge is 2.25. The molecule has 0 atom stereocenters. The van der Waals surface area contributed by atoms with E-state index in [0.717, 1.165) is 49.5 Å². The Labute approximate surface area is 147 Å². The molecule has 0 radical (unpaired) electrons. The topological polar surface area (TPSA) is 41.6 Å². The van der Waals surface area contributed by atoms with Gasteiger partial charge >= 0.3 is 0 Å². The maximum Gasteiger partial charge on any atom is 0.227 e. The normalized spacial score (nSPS) is 15.8. The van der Waals surface area contributed by atoms with Gasteiger partial charge < -0.3 is 10.1 Å². The molecule has 2 aromatic carbocycles. The van der Waals surface area contributed by atoms with Gasteiger partial charge in [-0.05, 0) is 55.8 Å². The van der Waals surface area contributed by atoms with Crippen LogP contribution in [0.2, 0.25) is 0 Å². The molecule has 1 saturated heterocycles. The van der Waals surface area contributed by atoms with E-state index in [1.54, 1.807) is 7.11 Å². The van der Waals surface area contributed by atoms with Gasteiger partial charge in [0.15, 0.2) is 0 Å². The van der Waals surface area contributed by atoms with E-state index in [4.69, 9.17) is 4.74 Å². The summed E-state index contributed by atoms with van der Waals surface area (Å²) in [5, 5.41) is 2.98. The third-order valence-corrected chi connectivity index (χ3v) is 4.62. The number of ether oxygens (including phenoxy) is 1. The average Bonchev–Trinajstić information content (AvgIpc) is 2.64. The Kier molecular flexibility index (Phi) is 5.66. The summed E-state index contributed by atoms with van der Waals surface area (Å²) in [5.41, 5.74) is 1.86. The minimum atomic E-state index is -0.211. The van der Waals surface area contributed by atoms with Crippen molar-refractivity contribution in [3.05, 3.63) is 59.9 Å². The smallest absolute Gasteiger partial charge is 0.227 e. The van der Waals surface area contributed by atoms with Gasteiger partial charge in [-0.25, -0.2) is 4.39 Å². The van der Waals surface area contributed by atoms with Gasteiger partial charge in [-0.3, -0.25) is 9.69 Å². The van der Waals surface area contributed by atoms with E-state index in [1.165, 1.54) is 12.1 Å². The molecule has 4 nitrogen and oxygen atoms in total. The zero-order valence-corrected chi connectivity index (χ0v) is 14.4. The van der Waals surface area contributed by atoms with Crippen molar-refractivity contribution in [3.8, 4) is 5.75 Å². The summed E-state index contributed by atoms with van der Waals surface area (Å²) in [4.78, 5) is 14.8. The molecule has 1 aliphatic rings. The van der Waals surface area contributed by atoms with Crippen LogP contribution in [-0.2, 0) is 11.3 Å². The van der Waals surface area contributed by atoms with Crippen molar-refractivity contribution in [2.24, 2.45) is 5.92 Å². The fraction of sp³-hybridized carbons (Fsp3) is 0.350. The van der Waals surface area contributed by atoms with E-state index in [1.807, 2.05) is 36.4 Å². The lowest BCUT2D eigenvalue weighted by Crippen LogP contribution is -2.37. The molecule has 3 rings (SSSR count). The number of benzene rings is 2. The standard InChI is InChI=1S/C20H23FN2O2/c1-25-19-4-2-3-18(13-19)22-20(24)16-9-11-23(12-10-16)14-15-5-7-17(21)8-6-15/h2-8,13,16H,9-12,14H2,1H3,(H,22,24). The average molecular weight is 342 g/mol. The predicted molar refractivity (Wildman–Crippen MR) is 96.0 cm³/mol. The van der Waals surface area contributed by atoms with E-state index in [9.17, 15) is 9.18 Å². The SMILES string of the molecule is COc1cccc(NC(=O)C2CCN(Cc3ccc(F)cc3)CC2)c1. The number of piperidine rings is 1. The Morgan fingerprint density at radius 2 is 1.92 bits per heavy atom. The molecule has 0 saturated carbocycles. The lowest BCUT2D eigenvalue weighted by atomic mass is 9.95. The van der Waals surface area contributed by atoms with Crippen molar-refractivity contribution in [2.45, 2.75) is 19.4 Å². The fourth-order valence-corrected chi connectivity index (χ4v) is 3.15. The van der Waals surface area contributed by atoms with Crippen molar-refractivity contribution in [3.63, 3.8) is 0 Å². The van der Waals surface area contributed by atoms with Gasteiger partial charge in [0.1, 0.15) is 11.6 Å². The van der Waals surface area contributed by atoms with Gasteiger partial charge in [-0.2, -0.15) is 0 Å². The van der Waals surface area contributed by atoms with Crippen LogP contribution in [0.15, 0.2) is 48.5 Å². The molecule has 0 aliphatic carbocycles. The van der Waals surface area contributed by atoms with Gasteiger partial charge in [0, 0.05) is 24.2 Å². The van der Waals surface area contributed by atoms with E-state index < -0.39 is 0 Å². The van der Waals surface area contributed by atoms with Crippen LogP contribution in [-0.4, -0.2) is 31.0 Å². The van der Waals surface area contributed by atoms with Gasteiger partial charge in [0.25, 0.3) is 0 Å². The van der Waals surface area contributed by atoms with Crippen LogP contribution in [0, 0.1) is 11.7 Å². The van der Waals surface area contributed by atoms with Crippen LogP contribution in [0.1, 0.15) is 18.4 Å². The molecule has 5 heteroatoms. The Hall–Kier alpha value is -2.40. The summed E-state index contributed by atoms with van der Waals surface area (Å²) in [5.74, 6) is 0.606. The number of nitrogens with zero attached hydrogens (tertiary/aromatic N) is 1. The van der Waals surface area contributed by atoms with Gasteiger partial charge in [-0.1, -0.05) is 18.2 Å². The largest absolute Gasteiger partial charge is 0.497 e. The summed E-state index contributed by atoms with van der Waals surface area (Å²) < 4.78 is 18.1. The van der Waals surface area contributed by atoms with Crippen molar-refractivity contribution in [1.29, 1.82) is 0 Å². The summed E-state index contributed by atoms with van der Waals surface area (Å²) in [6.45, 7) is 2.53. The quantitative estimate of drug-likeness (QED) is 0.901. The van der Waals surface area contributed by atoms with E-state index in [-0.39, 0.29) is 17.6 Å². The molecule has 0 bridgehead atoms. The number of hydrogen-bond acceptors (Lipinski definition) is 3. The van der Waals surface area contributed by atoms with Gasteiger partial charge in [-0.15, -0.1) is 0 Å². The zero-order chi connectivity index (χ0) is 17.6. The minimum Gasteiger partial charge on any atom is -0.497 e. The number of carbonyl (C=O) groups is 1. The predicted octanol–water partition coefficient (Wildman–Crippen LogP) is 3.69. The second kappa shape index (κ2) is 8.12. The second-order valence-electron chi connectivity index (χ2n) is 6.40. The van der Waals surface area contributed by atoms with E-state index in [0.29, 0.717) is 0 Å². The summed E-state index contributed by atoms with van der Waals surface area (Å²) >= 11 is 0. The van der Waals surface area contributed by atoms with Crippen LogP contribution < -0.4 is 10.1 Å². The third kappa shape index (κ3) is 4.79. The Balaban J connectivity index is 1.49. The zero-order valence-electron chi connectivity index (χ0n) is 14.4. The first-order valence-electron chi connectivity index (χ1n) is 8.56. The number of likely N-dealkylation sites (tertiary alicyclic amines) is 1. The first-order valence-corrected chi connectivity index (χ1v) is 8.56. The molecule has 0 aromatic heterocycles. The number of hydrogen-bond donors (Lipinski definition) is 1. The lowest BCUT2D eigenvalue weighted by Gasteiger charge is -2.31. The minimum absolute atomic E-state index is 0.0238. The molecule has 1 heterocycles. The molecule has 1 aliphatic heterocycles. The molecule has 0 unspecified atom stereocenters. The van der Waals surface area contributed by atoms with Crippen LogP contribution in [0.5, 0.6) is 5.75 Å². The van der Waals surface area contributed by atoms with Crippen molar-refractivity contribution < 1.29 is 13.9 Å². The maximum atomic E-state index is 13.0. The summed E-state index contributed by atoms with van der Waals surface area (Å²) in [6, 6.07) is 14.0. The number of carbonyl (C=O) groups excluding carboxylic acids is 1. The highest BCUT2D eigenvalue weighted by molar-refractivity contribution is 5.92. The Morgan fingerprint density at radius 1 is 1.20 bits per heavy atom. The molecular formula is C20H23FN2O2. The fourth-order valence-electron chi connectivity index (χ4n) is 3.15. The third-order valence-electron chi connectivity index (χ3n) is 4.62. The summed E-state index contributed by atoms with van der Waals surface area (Å²) in [7, 11) is 1.61. The molecular weight excluding hydrogens is 319 g/mol. The number of halogens is 1. The Bertz CT molecular complexity index is 710. The number of amides is 1. The van der Waals surface area contributed by atoms with E-state index >= 15 is 0 Å². The second-order valence-corrected chi connectivity index (χ2v) is 6.40.